The molecule has 0 fully saturated rings. The van der Waals surface area contributed by atoms with Crippen LogP contribution < -0.4 is 4.40 Å². The molecule has 0 saturated carbocycles. The van der Waals surface area contributed by atoms with Crippen molar-refractivity contribution >= 4 is 51.0 Å². The van der Waals surface area contributed by atoms with Gasteiger partial charge in [0.05, 0.1) is 11.3 Å². The first-order valence-corrected chi connectivity index (χ1v) is 26.5. The van der Waals surface area contributed by atoms with Gasteiger partial charge in [-0.2, -0.15) is 0 Å². The first-order chi connectivity index (χ1) is 27.4. The first kappa shape index (κ1) is 38.2. The molecule has 2 aromatic heterocycles. The fourth-order valence-electron chi connectivity index (χ4n) is 7.71. The number of hydrogen-bond donors (Lipinski definition) is 0. The molecule has 0 bridgehead atoms. The maximum atomic E-state index is 6.50. The molecule has 7 aromatic carbocycles. The van der Waals surface area contributed by atoms with E-state index in [0.29, 0.717) is 0 Å². The van der Waals surface area contributed by atoms with Gasteiger partial charge in [0.1, 0.15) is 5.58 Å². The zero-order valence-electron chi connectivity index (χ0n) is 32.0. The third-order valence-corrected chi connectivity index (χ3v) is 14.8. The summed E-state index contributed by atoms with van der Waals surface area (Å²) in [5, 5.41) is 2.19. The molecule has 10 rings (SSSR count). The quantitative estimate of drug-likeness (QED) is 0.123. The normalized spacial score (nSPS) is 13.3. The van der Waals surface area contributed by atoms with Gasteiger partial charge in [0.15, 0.2) is 0 Å². The molecular weight excluding hydrogens is 933 g/mol. The molecule has 5 heteroatoms. The van der Waals surface area contributed by atoms with Gasteiger partial charge in [-0.15, -0.1) is 18.2 Å². The number of benzene rings is 7. The van der Waals surface area contributed by atoms with Gasteiger partial charge >= 0.3 is 99.8 Å². The number of furan rings is 1. The summed E-state index contributed by atoms with van der Waals surface area (Å²) >= 11 is -1.72. The van der Waals surface area contributed by atoms with Gasteiger partial charge in [-0.1, -0.05) is 126 Å². The molecule has 1 aliphatic rings. The summed E-state index contributed by atoms with van der Waals surface area (Å²) < 4.78 is 7.94. The Hall–Kier alpha value is -5.65. The molecule has 0 aliphatic carbocycles. The number of para-hydroxylation sites is 2. The van der Waals surface area contributed by atoms with Gasteiger partial charge in [0.2, 0.25) is 0 Å². The van der Waals surface area contributed by atoms with Crippen molar-refractivity contribution in [3.63, 3.8) is 0 Å². The molecule has 1 radical (unpaired) electrons. The summed E-state index contributed by atoms with van der Waals surface area (Å²) in [6.07, 6.45) is 2.04. The van der Waals surface area contributed by atoms with E-state index in [0.717, 1.165) is 50.2 Å². The molecule has 3 nitrogen and oxygen atoms in total. The number of nitrogens with zero attached hydrogens (tertiary/aromatic N) is 2. The zero-order valence-corrected chi connectivity index (χ0v) is 36.5. The topological polar surface area (TPSA) is 38.4 Å². The van der Waals surface area contributed by atoms with Crippen LogP contribution >= 0.6 is 0 Å². The average molecular weight is 974 g/mol. The van der Waals surface area contributed by atoms with Gasteiger partial charge in [0.25, 0.3) is 0 Å². The first-order valence-electron chi connectivity index (χ1n) is 19.1. The van der Waals surface area contributed by atoms with Crippen LogP contribution in [0, 0.1) is 12.1 Å². The van der Waals surface area contributed by atoms with Crippen LogP contribution in [0.1, 0.15) is 22.6 Å². The second-order valence-corrected chi connectivity index (χ2v) is 25.8. The van der Waals surface area contributed by atoms with Crippen molar-refractivity contribution in [1.29, 1.82) is 0 Å². The smallest absolute Gasteiger partial charge is 0.120 e. The molecule has 0 amide bonds. The van der Waals surface area contributed by atoms with Crippen molar-refractivity contribution in [3.05, 3.63) is 211 Å². The number of aliphatic imine (C=N–C) groups is 1. The summed E-state index contributed by atoms with van der Waals surface area (Å²) in [6.45, 7) is 0. The van der Waals surface area contributed by atoms with E-state index in [1.54, 1.807) is 0 Å². The maximum absolute atomic E-state index is 6.50. The van der Waals surface area contributed by atoms with Crippen molar-refractivity contribution in [3.8, 4) is 33.5 Å². The molecule has 1 atom stereocenters. The SMILES string of the molecule is [CH3][Ge]([CH3])([CH3])[c]1ccc(-c2[c-]cccc2)nc1.[Ir].[c-]1ccc2c(oc3ccccc32)c1C1=Nc2ccccc2C1c1c(-c2ccccc2)cccc1-c1ccccc1. The minimum Gasteiger partial charge on any atom is -0.501 e. The molecule has 1 aliphatic heterocycles. The molecule has 9 aromatic rings. The van der Waals surface area contributed by atoms with Gasteiger partial charge in [0, 0.05) is 31.4 Å². The minimum absolute atomic E-state index is 0. The molecular formula is C52H40GeIrN2O-2. The van der Waals surface area contributed by atoms with Crippen LogP contribution in [-0.4, -0.2) is 24.0 Å². The molecule has 1 unspecified atom stereocenters. The van der Waals surface area contributed by atoms with Crippen molar-refractivity contribution in [1.82, 2.24) is 4.98 Å². The van der Waals surface area contributed by atoms with E-state index < -0.39 is 13.3 Å². The second-order valence-electron chi connectivity index (χ2n) is 15.1. The van der Waals surface area contributed by atoms with Gasteiger partial charge in [-0.05, 0) is 51.2 Å². The van der Waals surface area contributed by atoms with Crippen molar-refractivity contribution in [2.45, 2.75) is 23.2 Å². The Morgan fingerprint density at radius 2 is 1.25 bits per heavy atom. The summed E-state index contributed by atoms with van der Waals surface area (Å²) in [7, 11) is 0. The van der Waals surface area contributed by atoms with E-state index >= 15 is 0 Å². The molecule has 3 heterocycles. The predicted octanol–water partition coefficient (Wildman–Crippen LogP) is 13.1. The van der Waals surface area contributed by atoms with Crippen LogP contribution in [0.3, 0.4) is 0 Å². The number of pyridine rings is 1. The average Bonchev–Trinajstić information content (AvgIpc) is 3.83. The Bertz CT molecular complexity index is 2770. The summed E-state index contributed by atoms with van der Waals surface area (Å²) in [5.41, 5.74) is 13.9. The van der Waals surface area contributed by atoms with E-state index in [1.807, 2.05) is 48.7 Å². The largest absolute Gasteiger partial charge is 0.501 e. The van der Waals surface area contributed by atoms with Crippen molar-refractivity contribution in [2.24, 2.45) is 4.99 Å². The maximum Gasteiger partial charge on any atom is 0.120 e. The zero-order chi connectivity index (χ0) is 38.1. The Morgan fingerprint density at radius 1 is 0.579 bits per heavy atom. The van der Waals surface area contributed by atoms with E-state index in [4.69, 9.17) is 9.41 Å². The number of aromatic nitrogens is 1. The van der Waals surface area contributed by atoms with E-state index in [9.17, 15) is 0 Å². The minimum atomic E-state index is -1.72. The van der Waals surface area contributed by atoms with Crippen LogP contribution in [0.5, 0.6) is 0 Å². The predicted molar refractivity (Wildman–Crippen MR) is 236 cm³/mol. The van der Waals surface area contributed by atoms with Crippen molar-refractivity contribution < 1.29 is 24.5 Å². The Balaban J connectivity index is 0.000000226. The molecule has 0 spiro atoms. The van der Waals surface area contributed by atoms with Gasteiger partial charge < -0.3 is 4.42 Å². The number of rotatable bonds is 6. The van der Waals surface area contributed by atoms with E-state index in [2.05, 4.69) is 168 Å². The van der Waals surface area contributed by atoms with Gasteiger partial charge in [-0.3, -0.25) is 4.99 Å². The van der Waals surface area contributed by atoms with Crippen LogP contribution in [0.25, 0.3) is 55.4 Å². The van der Waals surface area contributed by atoms with Crippen LogP contribution in [0.2, 0.25) is 17.3 Å². The Morgan fingerprint density at radius 3 is 1.91 bits per heavy atom. The molecule has 57 heavy (non-hydrogen) atoms. The summed E-state index contributed by atoms with van der Waals surface area (Å²) in [6, 6.07) is 67.8. The fraction of sp³-hybridized carbons (Fsp3) is 0.0769. The number of fused-ring (bicyclic) bond motifs is 4. The third kappa shape index (κ3) is 7.61. The third-order valence-electron chi connectivity index (χ3n) is 10.5. The molecule has 0 N–H and O–H groups in total. The Labute approximate surface area is 350 Å². The van der Waals surface area contributed by atoms with Crippen molar-refractivity contribution in [2.75, 3.05) is 0 Å². The number of hydrogen-bond acceptors (Lipinski definition) is 3. The second kappa shape index (κ2) is 16.4. The van der Waals surface area contributed by atoms with E-state index in [1.165, 1.54) is 37.8 Å². The van der Waals surface area contributed by atoms with Gasteiger partial charge in [-0.25, -0.2) is 0 Å². The molecule has 0 saturated heterocycles. The molecule has 279 valence electrons. The van der Waals surface area contributed by atoms with Crippen LogP contribution in [-0.2, 0) is 20.1 Å². The Kier molecular flexibility index (Phi) is 11.0. The standard InChI is InChI=1S/C38H24NO.C14H16GeN.Ir/c1-3-13-25(14-4-1)27-19-11-20-28(26-15-5-2-6-16-26)35(27)36-31-18-7-9-23-33(31)39-37(36)32-22-12-21-30-29-17-8-10-24-34(29)40-38(30)32;1-15(2,3)13-9-10-14(16-11-13)12-7-5-4-6-8-12;/h1-21,23-24,36H;4-7,9-11H,1-3H3;/q2*-1;. The summed E-state index contributed by atoms with van der Waals surface area (Å²) in [5.74, 6) is 7.04. The summed E-state index contributed by atoms with van der Waals surface area (Å²) in [4.78, 5) is 9.83. The monoisotopic (exact) mass is 975 g/mol. The fourth-order valence-corrected chi connectivity index (χ4v) is 9.88. The van der Waals surface area contributed by atoms with E-state index in [-0.39, 0.29) is 26.0 Å². The van der Waals surface area contributed by atoms with Crippen LogP contribution in [0.15, 0.2) is 192 Å². The van der Waals surface area contributed by atoms with Crippen LogP contribution in [0.4, 0.5) is 5.69 Å².